The van der Waals surface area contributed by atoms with Crippen LogP contribution >= 0.6 is 0 Å². The van der Waals surface area contributed by atoms with E-state index in [0.29, 0.717) is 0 Å². The number of carbonyl (C=O) groups excluding carboxylic acids is 2. The Bertz CT molecular complexity index is 199. The van der Waals surface area contributed by atoms with E-state index >= 15 is 0 Å². The number of imide groups is 1. The maximum atomic E-state index is 10.7. The van der Waals surface area contributed by atoms with E-state index in [0.717, 1.165) is 6.21 Å². The van der Waals surface area contributed by atoms with Crippen LogP contribution in [0.3, 0.4) is 0 Å². The third-order valence-corrected chi connectivity index (χ3v) is 1.03. The molecule has 3 amide bonds. The fourth-order valence-corrected chi connectivity index (χ4v) is 0.544. The standard InChI is InChI=1S/C4H6N4O2/c5-8-2-1-6-4(10)7-3(2)9/h1-2,8H,5H2,(H,7,9,10). The zero-order valence-corrected chi connectivity index (χ0v) is 5.00. The number of hydrogen-bond donors (Lipinski definition) is 3. The van der Waals surface area contributed by atoms with Crippen LogP contribution in [0.15, 0.2) is 4.99 Å². The zero-order chi connectivity index (χ0) is 7.56. The van der Waals surface area contributed by atoms with Gasteiger partial charge in [0.2, 0.25) is 0 Å². The van der Waals surface area contributed by atoms with Crippen molar-refractivity contribution in [1.29, 1.82) is 0 Å². The lowest BCUT2D eigenvalue weighted by molar-refractivity contribution is -0.120. The van der Waals surface area contributed by atoms with Crippen LogP contribution in [0.1, 0.15) is 0 Å². The first kappa shape index (κ1) is 6.84. The molecule has 6 heteroatoms. The van der Waals surface area contributed by atoms with Crippen LogP contribution in [0.4, 0.5) is 4.79 Å². The summed E-state index contributed by atoms with van der Waals surface area (Å²) in [6, 6.07) is -1.35. The lowest BCUT2D eigenvalue weighted by Crippen LogP contribution is -2.52. The van der Waals surface area contributed by atoms with Crippen LogP contribution in [0, 0.1) is 0 Å². The van der Waals surface area contributed by atoms with E-state index in [1.807, 2.05) is 5.32 Å². The summed E-state index contributed by atoms with van der Waals surface area (Å²) >= 11 is 0. The fraction of sp³-hybridized carbons (Fsp3) is 0.250. The highest BCUT2D eigenvalue weighted by atomic mass is 16.2. The van der Waals surface area contributed by atoms with Gasteiger partial charge in [0.05, 0.1) is 0 Å². The Morgan fingerprint density at radius 3 is 2.90 bits per heavy atom. The SMILES string of the molecule is NNC1C=NC(=O)NC1=O. The predicted octanol–water partition coefficient (Wildman–Crippen LogP) is -1.86. The van der Waals surface area contributed by atoms with E-state index < -0.39 is 18.0 Å². The molecule has 0 radical (unpaired) electrons. The molecule has 1 aliphatic rings. The highest BCUT2D eigenvalue weighted by Crippen LogP contribution is 1.86. The van der Waals surface area contributed by atoms with Gasteiger partial charge in [-0.3, -0.25) is 16.0 Å². The average Bonchev–Trinajstić information content (AvgIpc) is 1.88. The van der Waals surface area contributed by atoms with Crippen molar-refractivity contribution in [3.05, 3.63) is 0 Å². The molecule has 0 bridgehead atoms. The van der Waals surface area contributed by atoms with Crippen molar-refractivity contribution in [2.75, 3.05) is 0 Å². The molecule has 0 aromatic heterocycles. The summed E-state index contributed by atoms with van der Waals surface area (Å²) < 4.78 is 0. The highest BCUT2D eigenvalue weighted by molar-refractivity contribution is 6.11. The number of urea groups is 1. The fourth-order valence-electron chi connectivity index (χ4n) is 0.544. The maximum absolute atomic E-state index is 10.7. The van der Waals surface area contributed by atoms with Gasteiger partial charge in [0.15, 0.2) is 0 Å². The molecule has 4 N–H and O–H groups in total. The molecule has 0 aromatic rings. The van der Waals surface area contributed by atoms with Crippen LogP contribution < -0.4 is 16.6 Å². The van der Waals surface area contributed by atoms with Gasteiger partial charge in [0.25, 0.3) is 5.91 Å². The van der Waals surface area contributed by atoms with Crippen LogP contribution in [-0.2, 0) is 4.79 Å². The molecule has 1 rings (SSSR count). The molecule has 0 fully saturated rings. The molecular formula is C4H6N4O2. The number of carbonyl (C=O) groups is 2. The molecule has 1 atom stereocenters. The number of amides is 3. The minimum absolute atomic E-state index is 0.484. The Balaban J connectivity index is 2.71. The van der Waals surface area contributed by atoms with Gasteiger partial charge in [-0.15, -0.1) is 0 Å². The third-order valence-electron chi connectivity index (χ3n) is 1.03. The van der Waals surface area contributed by atoms with Gasteiger partial charge in [-0.25, -0.2) is 15.2 Å². The summed E-state index contributed by atoms with van der Waals surface area (Å²) in [4.78, 5) is 24.3. The van der Waals surface area contributed by atoms with Crippen molar-refractivity contribution in [2.24, 2.45) is 10.8 Å². The van der Waals surface area contributed by atoms with Crippen molar-refractivity contribution in [1.82, 2.24) is 10.7 Å². The van der Waals surface area contributed by atoms with Crippen molar-refractivity contribution in [3.8, 4) is 0 Å². The molecule has 10 heavy (non-hydrogen) atoms. The Labute approximate surface area is 56.5 Å². The summed E-state index contributed by atoms with van der Waals surface area (Å²) in [6.45, 7) is 0. The molecule has 0 spiro atoms. The number of rotatable bonds is 1. The molecule has 0 aromatic carbocycles. The molecule has 1 heterocycles. The Hall–Kier alpha value is -1.27. The average molecular weight is 142 g/mol. The monoisotopic (exact) mass is 142 g/mol. The Kier molecular flexibility index (Phi) is 1.74. The number of nitrogens with zero attached hydrogens (tertiary/aromatic N) is 1. The Morgan fingerprint density at radius 2 is 2.40 bits per heavy atom. The van der Waals surface area contributed by atoms with Gasteiger partial charge >= 0.3 is 6.03 Å². The van der Waals surface area contributed by atoms with Crippen LogP contribution in [0.25, 0.3) is 0 Å². The van der Waals surface area contributed by atoms with Crippen molar-refractivity contribution >= 4 is 18.2 Å². The van der Waals surface area contributed by atoms with Crippen molar-refractivity contribution < 1.29 is 9.59 Å². The highest BCUT2D eigenvalue weighted by Gasteiger charge is 2.20. The van der Waals surface area contributed by atoms with E-state index in [4.69, 9.17) is 5.84 Å². The first-order valence-corrected chi connectivity index (χ1v) is 2.59. The number of nitrogens with two attached hydrogens (primary N) is 1. The molecule has 0 saturated carbocycles. The van der Waals surface area contributed by atoms with Gasteiger partial charge in [0.1, 0.15) is 6.04 Å². The van der Waals surface area contributed by atoms with Gasteiger partial charge in [-0.05, 0) is 0 Å². The minimum atomic E-state index is -0.697. The molecular weight excluding hydrogens is 136 g/mol. The van der Waals surface area contributed by atoms with Crippen molar-refractivity contribution in [3.63, 3.8) is 0 Å². The minimum Gasteiger partial charge on any atom is -0.274 e. The second-order valence-corrected chi connectivity index (χ2v) is 1.72. The van der Waals surface area contributed by atoms with Crippen molar-refractivity contribution in [2.45, 2.75) is 6.04 Å². The quantitative estimate of drug-likeness (QED) is 0.295. The van der Waals surface area contributed by atoms with Gasteiger partial charge in [-0.1, -0.05) is 0 Å². The number of hydrogen-bond acceptors (Lipinski definition) is 4. The second kappa shape index (κ2) is 2.54. The van der Waals surface area contributed by atoms with Crippen LogP contribution in [-0.4, -0.2) is 24.2 Å². The molecule has 1 aliphatic heterocycles. The maximum Gasteiger partial charge on any atom is 0.347 e. The molecule has 0 saturated heterocycles. The number of aliphatic imine (C=N–C) groups is 1. The van der Waals surface area contributed by atoms with Crippen LogP contribution in [0.5, 0.6) is 0 Å². The van der Waals surface area contributed by atoms with E-state index in [-0.39, 0.29) is 0 Å². The summed E-state index contributed by atoms with van der Waals surface area (Å²) in [5.41, 5.74) is 2.16. The molecule has 0 aliphatic carbocycles. The van der Waals surface area contributed by atoms with E-state index in [9.17, 15) is 9.59 Å². The number of hydrazine groups is 1. The smallest absolute Gasteiger partial charge is 0.274 e. The Morgan fingerprint density at radius 1 is 1.70 bits per heavy atom. The predicted molar refractivity (Wildman–Crippen MR) is 33.1 cm³/mol. The second-order valence-electron chi connectivity index (χ2n) is 1.72. The largest absolute Gasteiger partial charge is 0.347 e. The number of nitrogens with one attached hydrogen (secondary N) is 2. The first-order chi connectivity index (χ1) is 4.74. The summed E-state index contributed by atoms with van der Waals surface area (Å²) in [5.74, 6) is 4.44. The van der Waals surface area contributed by atoms with Gasteiger partial charge in [-0.2, -0.15) is 0 Å². The van der Waals surface area contributed by atoms with E-state index in [1.54, 1.807) is 0 Å². The van der Waals surface area contributed by atoms with E-state index in [1.165, 1.54) is 0 Å². The van der Waals surface area contributed by atoms with Gasteiger partial charge < -0.3 is 0 Å². The first-order valence-electron chi connectivity index (χ1n) is 2.59. The summed E-state index contributed by atoms with van der Waals surface area (Å²) in [7, 11) is 0. The normalized spacial score (nSPS) is 24.7. The van der Waals surface area contributed by atoms with E-state index in [2.05, 4.69) is 10.4 Å². The molecule has 6 nitrogen and oxygen atoms in total. The third kappa shape index (κ3) is 1.17. The lowest BCUT2D eigenvalue weighted by atomic mass is 10.3. The van der Waals surface area contributed by atoms with Crippen LogP contribution in [0.2, 0.25) is 0 Å². The molecule has 54 valence electrons. The summed E-state index contributed by atoms with van der Waals surface area (Å²) in [5, 5.41) is 1.96. The topological polar surface area (TPSA) is 96.6 Å². The molecule has 1 unspecified atom stereocenters. The summed E-state index contributed by atoms with van der Waals surface area (Å²) in [6.07, 6.45) is 1.15. The lowest BCUT2D eigenvalue weighted by Gasteiger charge is -2.12. The zero-order valence-electron chi connectivity index (χ0n) is 5.00. The van der Waals surface area contributed by atoms with Gasteiger partial charge in [0, 0.05) is 6.21 Å².